The van der Waals surface area contributed by atoms with Crippen molar-refractivity contribution in [3.63, 3.8) is 0 Å². The van der Waals surface area contributed by atoms with Crippen LogP contribution in [0.15, 0.2) is 35.2 Å². The summed E-state index contributed by atoms with van der Waals surface area (Å²) in [5, 5.41) is 22.6. The summed E-state index contributed by atoms with van der Waals surface area (Å²) < 4.78 is 9.15. The van der Waals surface area contributed by atoms with E-state index in [1.165, 1.54) is 14.2 Å². The first-order valence-electron chi connectivity index (χ1n) is 4.24. The molecule has 0 spiro atoms. The van der Waals surface area contributed by atoms with Crippen LogP contribution in [0.4, 0.5) is 0 Å². The van der Waals surface area contributed by atoms with Gasteiger partial charge in [-0.1, -0.05) is 12.2 Å². The van der Waals surface area contributed by atoms with E-state index in [9.17, 15) is 10.2 Å². The first-order valence-corrected chi connectivity index (χ1v) is 4.24. The van der Waals surface area contributed by atoms with Crippen molar-refractivity contribution in [3.05, 3.63) is 35.2 Å². The van der Waals surface area contributed by atoms with Crippen LogP contribution in [0.5, 0.6) is 0 Å². The van der Waals surface area contributed by atoms with Crippen LogP contribution >= 0.6 is 0 Å². The van der Waals surface area contributed by atoms with Crippen molar-refractivity contribution in [1.29, 1.82) is 0 Å². The van der Waals surface area contributed by atoms with Crippen molar-refractivity contribution in [3.8, 4) is 0 Å². The molecular formula is C10H12Li2O4. The van der Waals surface area contributed by atoms with E-state index in [0.29, 0.717) is 24.0 Å². The Morgan fingerprint density at radius 1 is 0.938 bits per heavy atom. The second kappa shape index (κ2) is 8.73. The first-order chi connectivity index (χ1) is 6.70. The predicted molar refractivity (Wildman–Crippen MR) is 46.4 cm³/mol. The molecule has 78 valence electrons. The SMILES string of the molecule is CO/C([O-])=C1/CC=CC/C1=C(\[O-])OC.[Li+].[Li+]. The third-order valence-electron chi connectivity index (χ3n) is 2.04. The van der Waals surface area contributed by atoms with Crippen molar-refractivity contribution in [2.75, 3.05) is 14.2 Å². The second-order valence-corrected chi connectivity index (χ2v) is 2.82. The van der Waals surface area contributed by atoms with Gasteiger partial charge >= 0.3 is 37.7 Å². The van der Waals surface area contributed by atoms with E-state index in [0.717, 1.165) is 0 Å². The minimum atomic E-state index is -0.463. The smallest absolute Gasteiger partial charge is 0.616 e. The van der Waals surface area contributed by atoms with Crippen LogP contribution in [0.3, 0.4) is 0 Å². The van der Waals surface area contributed by atoms with Gasteiger partial charge < -0.3 is 19.7 Å². The van der Waals surface area contributed by atoms with E-state index < -0.39 is 11.9 Å². The third-order valence-corrected chi connectivity index (χ3v) is 2.04. The molecule has 1 rings (SSSR count). The van der Waals surface area contributed by atoms with Gasteiger partial charge in [-0.25, -0.2) is 0 Å². The number of allylic oxidation sites excluding steroid dienone is 4. The molecule has 0 aromatic heterocycles. The van der Waals surface area contributed by atoms with E-state index in [2.05, 4.69) is 9.47 Å². The fourth-order valence-corrected chi connectivity index (χ4v) is 1.31. The Labute approximate surface area is 119 Å². The number of rotatable bonds is 2. The van der Waals surface area contributed by atoms with Gasteiger partial charge in [0.05, 0.1) is 11.9 Å². The topological polar surface area (TPSA) is 64.6 Å². The average Bonchev–Trinajstić information content (AvgIpc) is 2.27. The summed E-state index contributed by atoms with van der Waals surface area (Å²) in [5.41, 5.74) is 0.781. The average molecular weight is 210 g/mol. The van der Waals surface area contributed by atoms with Gasteiger partial charge in [0.2, 0.25) is 0 Å². The standard InChI is InChI=1S/C10H14O4.2Li/c1-13-9(11)7-5-3-4-6-8(7)10(12)14-2;;/h3-4,11-12H,5-6H2,1-2H3;;/q;2*+1/p-2/b9-7-,10-8-;;. The number of hydrogen-bond donors (Lipinski definition) is 0. The van der Waals surface area contributed by atoms with Crippen molar-refractivity contribution in [2.24, 2.45) is 0 Å². The molecule has 0 aromatic rings. The molecule has 0 fully saturated rings. The van der Waals surface area contributed by atoms with Crippen LogP contribution < -0.4 is 47.9 Å². The fraction of sp³-hybridized carbons (Fsp3) is 0.400. The molecule has 0 unspecified atom stereocenters. The Balaban J connectivity index is 0. The number of methoxy groups -OCH3 is 2. The van der Waals surface area contributed by atoms with E-state index in [1.54, 1.807) is 0 Å². The minimum absolute atomic E-state index is 0. The summed E-state index contributed by atoms with van der Waals surface area (Å²) >= 11 is 0. The summed E-state index contributed by atoms with van der Waals surface area (Å²) in [6.45, 7) is 0. The van der Waals surface area contributed by atoms with Crippen LogP contribution in [0.2, 0.25) is 0 Å². The monoisotopic (exact) mass is 210 g/mol. The zero-order valence-corrected chi connectivity index (χ0v) is 10.2. The van der Waals surface area contributed by atoms with Gasteiger partial charge in [0.15, 0.2) is 0 Å². The zero-order valence-electron chi connectivity index (χ0n) is 10.2. The van der Waals surface area contributed by atoms with E-state index in [4.69, 9.17) is 0 Å². The van der Waals surface area contributed by atoms with Crippen LogP contribution in [-0.2, 0) is 9.47 Å². The van der Waals surface area contributed by atoms with Crippen LogP contribution in [0.25, 0.3) is 0 Å². The van der Waals surface area contributed by atoms with Gasteiger partial charge in [0, 0.05) is 0 Å². The van der Waals surface area contributed by atoms with E-state index in [-0.39, 0.29) is 37.7 Å². The molecule has 0 N–H and O–H groups in total. The molecule has 0 radical (unpaired) electrons. The van der Waals surface area contributed by atoms with Gasteiger partial charge in [-0.05, 0) is 38.2 Å². The summed E-state index contributed by atoms with van der Waals surface area (Å²) in [4.78, 5) is 0. The maximum Gasteiger partial charge on any atom is 1.00 e. The second-order valence-electron chi connectivity index (χ2n) is 2.82. The Hall–Kier alpha value is -0.385. The summed E-state index contributed by atoms with van der Waals surface area (Å²) in [6, 6.07) is 0. The van der Waals surface area contributed by atoms with Crippen LogP contribution in [0.1, 0.15) is 12.8 Å². The Morgan fingerprint density at radius 2 is 1.25 bits per heavy atom. The molecule has 6 heteroatoms. The van der Waals surface area contributed by atoms with Crippen LogP contribution in [-0.4, -0.2) is 14.2 Å². The third kappa shape index (κ3) is 4.24. The Kier molecular flexibility index (Phi) is 9.82. The molecule has 1 aliphatic rings. The van der Waals surface area contributed by atoms with Gasteiger partial charge in [-0.3, -0.25) is 0 Å². The number of hydrogen-bond acceptors (Lipinski definition) is 4. The maximum absolute atomic E-state index is 11.3. The fourth-order valence-electron chi connectivity index (χ4n) is 1.31. The molecule has 4 nitrogen and oxygen atoms in total. The molecule has 16 heavy (non-hydrogen) atoms. The Morgan fingerprint density at radius 3 is 1.50 bits per heavy atom. The Bertz CT molecular complexity index is 278. The number of ether oxygens (including phenoxy) is 2. The summed E-state index contributed by atoms with van der Waals surface area (Å²) in [6.07, 6.45) is 4.52. The largest absolute Gasteiger partial charge is 1.00 e. The molecule has 0 aromatic carbocycles. The van der Waals surface area contributed by atoms with Crippen molar-refractivity contribution < 1.29 is 57.4 Å². The van der Waals surface area contributed by atoms with Gasteiger partial charge in [-0.2, -0.15) is 0 Å². The molecule has 1 aliphatic carbocycles. The van der Waals surface area contributed by atoms with Gasteiger partial charge in [-0.15, -0.1) is 0 Å². The van der Waals surface area contributed by atoms with E-state index in [1.807, 2.05) is 12.2 Å². The van der Waals surface area contributed by atoms with Crippen molar-refractivity contribution >= 4 is 0 Å². The molecule has 0 saturated heterocycles. The van der Waals surface area contributed by atoms with Gasteiger partial charge in [0.1, 0.15) is 0 Å². The zero-order chi connectivity index (χ0) is 10.6. The molecule has 0 saturated carbocycles. The van der Waals surface area contributed by atoms with Crippen molar-refractivity contribution in [1.82, 2.24) is 0 Å². The normalized spacial score (nSPS) is 20.1. The van der Waals surface area contributed by atoms with Crippen molar-refractivity contribution in [2.45, 2.75) is 12.8 Å². The predicted octanol–water partition coefficient (Wildman–Crippen LogP) is -6.22. The molecule has 0 aliphatic heterocycles. The minimum Gasteiger partial charge on any atom is -0.616 e. The van der Waals surface area contributed by atoms with E-state index >= 15 is 0 Å². The van der Waals surface area contributed by atoms with Gasteiger partial charge in [0.25, 0.3) is 0 Å². The molecular weight excluding hydrogens is 198 g/mol. The summed E-state index contributed by atoms with van der Waals surface area (Å²) in [5.74, 6) is -0.926. The molecule has 0 amide bonds. The quantitative estimate of drug-likeness (QED) is 0.258. The summed E-state index contributed by atoms with van der Waals surface area (Å²) in [7, 11) is 2.59. The maximum atomic E-state index is 11.3. The first kappa shape index (κ1) is 18.0. The van der Waals surface area contributed by atoms with Crippen LogP contribution in [0, 0.1) is 0 Å². The molecule has 0 atom stereocenters. The molecule has 0 bridgehead atoms. The molecule has 0 heterocycles.